The van der Waals surface area contributed by atoms with Crippen molar-refractivity contribution in [2.75, 3.05) is 0 Å². The number of carbonyl (C=O) groups is 1. The van der Waals surface area contributed by atoms with Crippen molar-refractivity contribution >= 4 is 11.7 Å². The number of aryl methyl sites for hydroxylation is 1. The van der Waals surface area contributed by atoms with Crippen LogP contribution in [0.25, 0.3) is 0 Å². The van der Waals surface area contributed by atoms with Gasteiger partial charge in [0.2, 0.25) is 0 Å². The van der Waals surface area contributed by atoms with Gasteiger partial charge in [-0.3, -0.25) is 4.79 Å². The van der Waals surface area contributed by atoms with Crippen LogP contribution in [-0.2, 0) is 6.42 Å². The zero-order valence-corrected chi connectivity index (χ0v) is 12.4. The van der Waals surface area contributed by atoms with Gasteiger partial charge in [-0.15, -0.1) is 0 Å². The van der Waals surface area contributed by atoms with Crippen LogP contribution < -0.4 is 11.1 Å². The first-order valence-corrected chi connectivity index (χ1v) is 7.50. The number of hydrogen-bond donors (Lipinski definition) is 3. The zero-order chi connectivity index (χ0) is 15.3. The van der Waals surface area contributed by atoms with Gasteiger partial charge in [0.05, 0.1) is 0 Å². The van der Waals surface area contributed by atoms with E-state index in [0.29, 0.717) is 12.8 Å². The highest BCUT2D eigenvalue weighted by atomic mass is 16.4. The molecule has 1 amide bonds. The fraction of sp³-hybridized carbons (Fsp3) is 0.600. The lowest BCUT2D eigenvalue weighted by atomic mass is 9.88. The van der Waals surface area contributed by atoms with Gasteiger partial charge in [0.15, 0.2) is 11.6 Å². The monoisotopic (exact) mass is 293 g/mol. The van der Waals surface area contributed by atoms with E-state index in [1.165, 1.54) is 0 Å². The number of nitrogens with two attached hydrogens (primary N) is 1. The van der Waals surface area contributed by atoms with E-state index in [9.17, 15) is 4.79 Å². The minimum absolute atomic E-state index is 0.0695. The van der Waals surface area contributed by atoms with Crippen LogP contribution in [-0.4, -0.2) is 22.5 Å². The summed E-state index contributed by atoms with van der Waals surface area (Å²) in [5, 5.41) is 15.1. The van der Waals surface area contributed by atoms with E-state index >= 15 is 0 Å². The number of nitrogens with zero attached hydrogens (tertiary/aromatic N) is 1. The molecule has 0 bridgehead atoms. The Balaban J connectivity index is 2.19. The van der Waals surface area contributed by atoms with Crippen molar-refractivity contribution in [3.63, 3.8) is 0 Å². The fourth-order valence-corrected chi connectivity index (χ4v) is 2.84. The largest absolute Gasteiger partial charge is 0.456 e. The van der Waals surface area contributed by atoms with E-state index in [4.69, 9.17) is 15.4 Å². The average molecular weight is 293 g/mol. The number of rotatable bonds is 4. The molecule has 1 fully saturated rings. The number of oxime groups is 1. The molecule has 0 radical (unpaired) electrons. The van der Waals surface area contributed by atoms with Crippen LogP contribution in [0, 0.1) is 0 Å². The fourth-order valence-electron chi connectivity index (χ4n) is 2.84. The second kappa shape index (κ2) is 6.65. The van der Waals surface area contributed by atoms with E-state index in [2.05, 4.69) is 10.5 Å². The van der Waals surface area contributed by atoms with Gasteiger partial charge in [-0.05, 0) is 25.0 Å². The number of furan rings is 1. The molecule has 1 saturated carbocycles. The normalized spacial score (nSPS) is 19.0. The molecule has 1 heterocycles. The van der Waals surface area contributed by atoms with Gasteiger partial charge in [-0.25, -0.2) is 0 Å². The molecule has 0 aromatic carbocycles. The summed E-state index contributed by atoms with van der Waals surface area (Å²) in [7, 11) is 0. The van der Waals surface area contributed by atoms with E-state index in [1.807, 2.05) is 6.92 Å². The highest BCUT2D eigenvalue weighted by Gasteiger charge is 2.37. The second-order valence-corrected chi connectivity index (χ2v) is 5.56. The van der Waals surface area contributed by atoms with Crippen molar-refractivity contribution in [1.82, 2.24) is 5.32 Å². The van der Waals surface area contributed by atoms with Gasteiger partial charge in [0, 0.05) is 6.42 Å². The molecule has 6 nitrogen and oxygen atoms in total. The molecular weight excluding hydrogens is 270 g/mol. The minimum atomic E-state index is -0.776. The van der Waals surface area contributed by atoms with Gasteiger partial charge in [0.1, 0.15) is 11.3 Å². The molecule has 21 heavy (non-hydrogen) atoms. The maximum atomic E-state index is 12.4. The SMILES string of the molecule is CCc1ccc(C(=O)NC2(C(N)=NO)CCCCCC2)o1. The van der Waals surface area contributed by atoms with Crippen molar-refractivity contribution in [2.45, 2.75) is 57.4 Å². The molecule has 2 rings (SSSR count). The Morgan fingerprint density at radius 2 is 2.05 bits per heavy atom. The van der Waals surface area contributed by atoms with Gasteiger partial charge in [-0.2, -0.15) is 0 Å². The third kappa shape index (κ3) is 3.37. The van der Waals surface area contributed by atoms with Crippen LogP contribution >= 0.6 is 0 Å². The maximum Gasteiger partial charge on any atom is 0.287 e. The van der Waals surface area contributed by atoms with Crippen LogP contribution in [0.5, 0.6) is 0 Å². The Kier molecular flexibility index (Phi) is 4.88. The maximum absolute atomic E-state index is 12.4. The zero-order valence-electron chi connectivity index (χ0n) is 12.4. The molecule has 0 atom stereocenters. The predicted molar refractivity (Wildman–Crippen MR) is 79.4 cm³/mol. The molecule has 1 aliphatic carbocycles. The summed E-state index contributed by atoms with van der Waals surface area (Å²) >= 11 is 0. The number of nitrogens with one attached hydrogen (secondary N) is 1. The third-order valence-corrected chi connectivity index (χ3v) is 4.14. The number of carbonyl (C=O) groups excluding carboxylic acids is 1. The molecule has 0 spiro atoms. The molecule has 1 aromatic rings. The van der Waals surface area contributed by atoms with Gasteiger partial charge in [0.25, 0.3) is 5.91 Å². The third-order valence-electron chi connectivity index (χ3n) is 4.14. The first-order chi connectivity index (χ1) is 10.1. The summed E-state index contributed by atoms with van der Waals surface area (Å²) < 4.78 is 5.47. The highest BCUT2D eigenvalue weighted by molar-refractivity contribution is 5.98. The molecule has 0 aliphatic heterocycles. The summed E-state index contributed by atoms with van der Waals surface area (Å²) in [5.74, 6) is 0.781. The van der Waals surface area contributed by atoms with Crippen molar-refractivity contribution in [3.8, 4) is 0 Å². The van der Waals surface area contributed by atoms with E-state index in [-0.39, 0.29) is 17.5 Å². The highest BCUT2D eigenvalue weighted by Crippen LogP contribution is 2.28. The van der Waals surface area contributed by atoms with Crippen LogP contribution in [0.2, 0.25) is 0 Å². The molecule has 1 aliphatic rings. The van der Waals surface area contributed by atoms with Crippen LogP contribution in [0.15, 0.2) is 21.7 Å². The molecule has 6 heteroatoms. The number of hydrogen-bond acceptors (Lipinski definition) is 4. The molecular formula is C15H23N3O3. The van der Waals surface area contributed by atoms with Crippen LogP contribution in [0.3, 0.4) is 0 Å². The molecule has 0 saturated heterocycles. The molecule has 4 N–H and O–H groups in total. The quantitative estimate of drug-likeness (QED) is 0.261. The second-order valence-electron chi connectivity index (χ2n) is 5.56. The van der Waals surface area contributed by atoms with Gasteiger partial charge >= 0.3 is 0 Å². The Hall–Kier alpha value is -1.98. The summed E-state index contributed by atoms with van der Waals surface area (Å²) in [4.78, 5) is 12.4. The Morgan fingerprint density at radius 3 is 2.57 bits per heavy atom. The van der Waals surface area contributed by atoms with Crippen molar-refractivity contribution in [3.05, 3.63) is 23.7 Å². The first-order valence-electron chi connectivity index (χ1n) is 7.50. The lowest BCUT2D eigenvalue weighted by Gasteiger charge is -2.32. The van der Waals surface area contributed by atoms with Crippen molar-refractivity contribution in [2.24, 2.45) is 10.9 Å². The lowest BCUT2D eigenvalue weighted by molar-refractivity contribution is 0.0885. The average Bonchev–Trinajstić information content (AvgIpc) is 2.87. The Bertz CT molecular complexity index is 514. The minimum Gasteiger partial charge on any atom is -0.456 e. The summed E-state index contributed by atoms with van der Waals surface area (Å²) in [5.41, 5.74) is 5.09. The lowest BCUT2D eigenvalue weighted by Crippen LogP contribution is -2.57. The standard InChI is InChI=1S/C15H23N3O3/c1-2-11-7-8-12(21-11)13(19)17-15(14(16)18-20)9-5-3-4-6-10-15/h7-8,20H,2-6,9-10H2,1H3,(H2,16,18)(H,17,19). The van der Waals surface area contributed by atoms with Crippen molar-refractivity contribution in [1.29, 1.82) is 0 Å². The molecule has 1 aromatic heterocycles. The summed E-state index contributed by atoms with van der Waals surface area (Å²) in [6.45, 7) is 1.96. The summed E-state index contributed by atoms with van der Waals surface area (Å²) in [6.07, 6.45) is 6.16. The number of amides is 1. The Morgan fingerprint density at radius 1 is 1.38 bits per heavy atom. The molecule has 0 unspecified atom stereocenters. The number of amidine groups is 1. The smallest absolute Gasteiger partial charge is 0.287 e. The van der Waals surface area contributed by atoms with E-state index < -0.39 is 5.54 Å². The van der Waals surface area contributed by atoms with Crippen molar-refractivity contribution < 1.29 is 14.4 Å². The molecule has 116 valence electrons. The Labute approximate surface area is 124 Å². The first kappa shape index (κ1) is 15.4. The van der Waals surface area contributed by atoms with Crippen LogP contribution in [0.4, 0.5) is 0 Å². The predicted octanol–water partition coefficient (Wildman–Crippen LogP) is 2.41. The summed E-state index contributed by atoms with van der Waals surface area (Å²) in [6, 6.07) is 3.45. The van der Waals surface area contributed by atoms with E-state index in [0.717, 1.165) is 37.9 Å². The van der Waals surface area contributed by atoms with Crippen LogP contribution in [0.1, 0.15) is 61.8 Å². The van der Waals surface area contributed by atoms with Gasteiger partial charge in [-0.1, -0.05) is 37.8 Å². The van der Waals surface area contributed by atoms with Gasteiger partial charge < -0.3 is 20.7 Å². The van der Waals surface area contributed by atoms with E-state index in [1.54, 1.807) is 12.1 Å². The topological polar surface area (TPSA) is 101 Å².